The number of hydrogen-bond acceptors (Lipinski definition) is 3. The lowest BCUT2D eigenvalue weighted by atomic mass is 10.0. The van der Waals surface area contributed by atoms with Gasteiger partial charge in [-0.3, -0.25) is 4.57 Å². The SMILES string of the molecule is c1ccc(-n2c3ccccc3c3ccc4c5ccccc5n(-c5nc(-c6cccc7ccccc67)nc(-c6cccc7ccccc67)n5)c4c32)cc1. The van der Waals surface area contributed by atoms with Gasteiger partial charge in [-0.15, -0.1) is 0 Å². The highest BCUT2D eigenvalue weighted by Gasteiger charge is 2.24. The minimum absolute atomic E-state index is 0.574. The smallest absolute Gasteiger partial charge is 0.238 e. The highest BCUT2D eigenvalue weighted by atomic mass is 15.2. The van der Waals surface area contributed by atoms with E-state index in [0.717, 1.165) is 71.2 Å². The Kier molecular flexibility index (Phi) is 6.18. The summed E-state index contributed by atoms with van der Waals surface area (Å²) in [5.41, 5.74) is 7.38. The molecule has 3 aromatic heterocycles. The molecule has 8 aromatic carbocycles. The average Bonchev–Trinajstić information content (AvgIpc) is 3.74. The molecule has 242 valence electrons. The van der Waals surface area contributed by atoms with Crippen molar-refractivity contribution in [2.24, 2.45) is 0 Å². The van der Waals surface area contributed by atoms with Gasteiger partial charge in [-0.1, -0.05) is 152 Å². The van der Waals surface area contributed by atoms with Crippen LogP contribution in [0.1, 0.15) is 0 Å². The quantitative estimate of drug-likeness (QED) is 0.188. The van der Waals surface area contributed by atoms with Crippen molar-refractivity contribution in [3.63, 3.8) is 0 Å². The van der Waals surface area contributed by atoms with Gasteiger partial charge in [0.05, 0.1) is 22.1 Å². The first-order valence-corrected chi connectivity index (χ1v) is 17.6. The van der Waals surface area contributed by atoms with Crippen LogP contribution in [0.3, 0.4) is 0 Å². The van der Waals surface area contributed by atoms with Gasteiger partial charge in [-0.25, -0.2) is 4.98 Å². The Bertz CT molecular complexity index is 3080. The van der Waals surface area contributed by atoms with Crippen molar-refractivity contribution in [2.75, 3.05) is 0 Å². The van der Waals surface area contributed by atoms with Crippen molar-refractivity contribution in [3.05, 3.63) is 176 Å². The second-order valence-corrected chi connectivity index (χ2v) is 13.2. The van der Waals surface area contributed by atoms with E-state index in [4.69, 9.17) is 15.0 Å². The molecule has 0 radical (unpaired) electrons. The fourth-order valence-electron chi connectivity index (χ4n) is 8.10. The molecule has 5 heteroatoms. The number of fused-ring (bicyclic) bond motifs is 9. The summed E-state index contributed by atoms with van der Waals surface area (Å²) in [5.74, 6) is 1.84. The molecule has 0 bridgehead atoms. The molecule has 11 aromatic rings. The molecule has 0 amide bonds. The molecule has 0 aliphatic carbocycles. The molecule has 0 aliphatic heterocycles. The Morgan fingerprint density at radius 3 is 1.33 bits per heavy atom. The molecule has 0 unspecified atom stereocenters. The lowest BCUT2D eigenvalue weighted by molar-refractivity contribution is 0.955. The van der Waals surface area contributed by atoms with E-state index in [2.05, 4.69) is 185 Å². The third-order valence-corrected chi connectivity index (χ3v) is 10.4. The zero-order chi connectivity index (χ0) is 34.2. The Labute approximate surface area is 298 Å². The lowest BCUT2D eigenvalue weighted by Gasteiger charge is -2.14. The second kappa shape index (κ2) is 11.2. The molecule has 0 spiro atoms. The minimum Gasteiger partial charge on any atom is -0.307 e. The summed E-state index contributed by atoms with van der Waals surface area (Å²) < 4.78 is 4.65. The van der Waals surface area contributed by atoms with Crippen molar-refractivity contribution >= 4 is 65.2 Å². The Morgan fingerprint density at radius 2 is 0.750 bits per heavy atom. The van der Waals surface area contributed by atoms with Crippen molar-refractivity contribution in [2.45, 2.75) is 0 Å². The normalized spacial score (nSPS) is 11.8. The van der Waals surface area contributed by atoms with E-state index in [1.54, 1.807) is 0 Å². The maximum Gasteiger partial charge on any atom is 0.238 e. The zero-order valence-electron chi connectivity index (χ0n) is 28.0. The van der Waals surface area contributed by atoms with E-state index < -0.39 is 0 Å². The molecule has 0 aliphatic rings. The molecule has 3 heterocycles. The standard InChI is InChI=1S/C47H29N5/c1-2-18-32(19-3-1)51-41-26-10-8-22-35(41)37-28-29-38-36-23-9-11-27-42(36)52(44(38)43(37)51)47-49-45(39-24-12-16-30-14-4-6-20-33(30)39)48-46(50-47)40-25-13-17-31-15-5-7-21-34(31)40/h1-29H. The third-order valence-electron chi connectivity index (χ3n) is 10.4. The highest BCUT2D eigenvalue weighted by molar-refractivity contribution is 6.23. The number of aromatic nitrogens is 5. The van der Waals surface area contributed by atoms with Gasteiger partial charge in [0.15, 0.2) is 11.6 Å². The van der Waals surface area contributed by atoms with Crippen LogP contribution < -0.4 is 0 Å². The molecule has 11 rings (SSSR count). The molecule has 0 atom stereocenters. The third kappa shape index (κ3) is 4.20. The van der Waals surface area contributed by atoms with E-state index in [1.165, 1.54) is 10.8 Å². The van der Waals surface area contributed by atoms with Crippen LogP contribution in [0, 0.1) is 0 Å². The van der Waals surface area contributed by atoms with Gasteiger partial charge in [-0.2, -0.15) is 9.97 Å². The average molecular weight is 664 g/mol. The largest absolute Gasteiger partial charge is 0.307 e. The number of nitrogens with zero attached hydrogens (tertiary/aromatic N) is 5. The topological polar surface area (TPSA) is 48.5 Å². The summed E-state index contributed by atoms with van der Waals surface area (Å²) in [5, 5.41) is 9.13. The molecule has 5 nitrogen and oxygen atoms in total. The first kappa shape index (κ1) is 28.7. The predicted octanol–water partition coefficient (Wildman–Crippen LogP) is 11.7. The Morgan fingerprint density at radius 1 is 0.308 bits per heavy atom. The summed E-state index contributed by atoms with van der Waals surface area (Å²) in [7, 11) is 0. The van der Waals surface area contributed by atoms with Crippen LogP contribution in [0.25, 0.3) is 99.6 Å². The van der Waals surface area contributed by atoms with E-state index in [9.17, 15) is 0 Å². The number of para-hydroxylation sites is 3. The van der Waals surface area contributed by atoms with Crippen LogP contribution in [0.4, 0.5) is 0 Å². The number of benzene rings is 8. The van der Waals surface area contributed by atoms with Crippen LogP contribution in [-0.2, 0) is 0 Å². The van der Waals surface area contributed by atoms with Gasteiger partial charge in [0.1, 0.15) is 0 Å². The molecule has 0 fully saturated rings. The summed E-state index contributed by atoms with van der Waals surface area (Å²) >= 11 is 0. The van der Waals surface area contributed by atoms with E-state index in [0.29, 0.717) is 17.6 Å². The first-order valence-electron chi connectivity index (χ1n) is 17.6. The fourth-order valence-corrected chi connectivity index (χ4v) is 8.10. The van der Waals surface area contributed by atoms with E-state index in [1.807, 2.05) is 0 Å². The summed E-state index contributed by atoms with van der Waals surface area (Å²) in [6, 6.07) is 62.0. The fraction of sp³-hybridized carbons (Fsp3) is 0. The molecule has 52 heavy (non-hydrogen) atoms. The monoisotopic (exact) mass is 663 g/mol. The maximum atomic E-state index is 5.40. The molecular formula is C47H29N5. The van der Waals surface area contributed by atoms with E-state index in [-0.39, 0.29) is 0 Å². The lowest BCUT2D eigenvalue weighted by Crippen LogP contribution is -2.07. The Balaban J connectivity index is 1.32. The molecular weight excluding hydrogens is 635 g/mol. The molecule has 0 N–H and O–H groups in total. The number of hydrogen-bond donors (Lipinski definition) is 0. The van der Waals surface area contributed by atoms with Crippen LogP contribution >= 0.6 is 0 Å². The van der Waals surface area contributed by atoms with Gasteiger partial charge in [0, 0.05) is 38.4 Å². The zero-order valence-corrected chi connectivity index (χ0v) is 28.0. The van der Waals surface area contributed by atoms with Crippen molar-refractivity contribution in [1.82, 2.24) is 24.1 Å². The van der Waals surface area contributed by atoms with Crippen molar-refractivity contribution in [3.8, 4) is 34.4 Å². The van der Waals surface area contributed by atoms with Gasteiger partial charge in [0.2, 0.25) is 5.95 Å². The van der Waals surface area contributed by atoms with Gasteiger partial charge in [0.25, 0.3) is 0 Å². The number of rotatable bonds is 4. The summed E-state index contributed by atoms with van der Waals surface area (Å²) in [6.07, 6.45) is 0. The van der Waals surface area contributed by atoms with Crippen molar-refractivity contribution in [1.29, 1.82) is 0 Å². The van der Waals surface area contributed by atoms with Gasteiger partial charge >= 0.3 is 0 Å². The van der Waals surface area contributed by atoms with Crippen LogP contribution in [0.15, 0.2) is 176 Å². The summed E-state index contributed by atoms with van der Waals surface area (Å²) in [4.78, 5) is 16.1. The second-order valence-electron chi connectivity index (χ2n) is 13.2. The first-order chi connectivity index (χ1) is 25.8. The van der Waals surface area contributed by atoms with Gasteiger partial charge < -0.3 is 4.57 Å². The van der Waals surface area contributed by atoms with Crippen LogP contribution in [-0.4, -0.2) is 24.1 Å². The van der Waals surface area contributed by atoms with Crippen LogP contribution in [0.5, 0.6) is 0 Å². The minimum atomic E-state index is 0.574. The molecule has 0 saturated carbocycles. The summed E-state index contributed by atoms with van der Waals surface area (Å²) in [6.45, 7) is 0. The highest BCUT2D eigenvalue weighted by Crippen LogP contribution is 2.42. The maximum absolute atomic E-state index is 5.40. The van der Waals surface area contributed by atoms with Crippen molar-refractivity contribution < 1.29 is 0 Å². The molecule has 0 saturated heterocycles. The predicted molar refractivity (Wildman–Crippen MR) is 214 cm³/mol. The Hall–Kier alpha value is -7.11. The van der Waals surface area contributed by atoms with Crippen LogP contribution in [0.2, 0.25) is 0 Å². The van der Waals surface area contributed by atoms with Gasteiger partial charge in [-0.05, 0) is 45.8 Å². The van der Waals surface area contributed by atoms with E-state index >= 15 is 0 Å².